The molecule has 0 unspecified atom stereocenters. The first-order valence-corrected chi connectivity index (χ1v) is 11.0. The van der Waals surface area contributed by atoms with Gasteiger partial charge in [0.2, 0.25) is 0 Å². The van der Waals surface area contributed by atoms with Gasteiger partial charge in [0.05, 0.1) is 22.1 Å². The molecule has 1 aromatic carbocycles. The van der Waals surface area contributed by atoms with Gasteiger partial charge >= 0.3 is 0 Å². The zero-order valence-electron chi connectivity index (χ0n) is 16.5. The smallest absolute Gasteiger partial charge is 0.283 e. The van der Waals surface area contributed by atoms with Gasteiger partial charge in [0.15, 0.2) is 0 Å². The van der Waals surface area contributed by atoms with Crippen LogP contribution in [0.2, 0.25) is 0 Å². The summed E-state index contributed by atoms with van der Waals surface area (Å²) in [4.78, 5) is 5.04. The van der Waals surface area contributed by atoms with Crippen LogP contribution < -0.4 is 0 Å². The molecule has 3 aromatic rings. The predicted octanol–water partition coefficient (Wildman–Crippen LogP) is 3.19. The highest BCUT2D eigenvalue weighted by atomic mass is 32.2. The van der Waals surface area contributed by atoms with Crippen LogP contribution in [0.25, 0.3) is 11.0 Å². The Balaban J connectivity index is 1.80. The second-order valence-corrected chi connectivity index (χ2v) is 10.2. The first-order valence-electron chi connectivity index (χ1n) is 9.60. The van der Waals surface area contributed by atoms with E-state index in [1.807, 2.05) is 6.07 Å². The summed E-state index contributed by atoms with van der Waals surface area (Å²) in [5.74, 6) is 1.52. The Morgan fingerprint density at radius 1 is 1.21 bits per heavy atom. The van der Waals surface area contributed by atoms with E-state index in [-0.39, 0.29) is 10.3 Å². The van der Waals surface area contributed by atoms with E-state index in [1.165, 1.54) is 12.4 Å². The van der Waals surface area contributed by atoms with E-state index in [2.05, 4.69) is 30.4 Å². The highest BCUT2D eigenvalue weighted by Crippen LogP contribution is 2.30. The molecular weight excluding hydrogens is 376 g/mol. The third-order valence-electron chi connectivity index (χ3n) is 5.20. The normalized spacial score (nSPS) is 16.7. The van der Waals surface area contributed by atoms with Crippen molar-refractivity contribution in [2.24, 2.45) is 5.92 Å². The summed E-state index contributed by atoms with van der Waals surface area (Å²) in [5.41, 5.74) is 1.52. The Morgan fingerprint density at radius 3 is 2.61 bits per heavy atom. The van der Waals surface area contributed by atoms with E-state index in [1.54, 1.807) is 18.2 Å². The molecule has 8 heteroatoms. The summed E-state index contributed by atoms with van der Waals surface area (Å²) < 4.78 is 34.3. The van der Waals surface area contributed by atoms with Crippen molar-refractivity contribution in [3.8, 4) is 0 Å². The van der Waals surface area contributed by atoms with Crippen molar-refractivity contribution in [1.29, 1.82) is 0 Å². The molecule has 0 spiro atoms. The fraction of sp³-hybridized carbons (Fsp3) is 0.500. The summed E-state index contributed by atoms with van der Waals surface area (Å²) in [7, 11) is -3.71. The molecular formula is C20H26N4O3S. The van der Waals surface area contributed by atoms with Crippen LogP contribution in [0.15, 0.2) is 41.6 Å². The average Bonchev–Trinajstić information content (AvgIpc) is 3.31. The molecule has 1 aliphatic rings. The molecule has 0 atom stereocenters. The molecule has 3 heterocycles. The van der Waals surface area contributed by atoms with Gasteiger partial charge in [-0.1, -0.05) is 20.8 Å². The molecule has 7 nitrogen and oxygen atoms in total. The van der Waals surface area contributed by atoms with Crippen molar-refractivity contribution in [1.82, 2.24) is 18.7 Å². The fourth-order valence-corrected chi connectivity index (χ4v) is 4.85. The lowest BCUT2D eigenvalue weighted by molar-refractivity contribution is 0.0611. The number of rotatable bonds is 4. The average molecular weight is 403 g/mol. The molecule has 0 radical (unpaired) electrons. The number of imidazole rings is 1. The van der Waals surface area contributed by atoms with E-state index in [0.717, 1.165) is 48.0 Å². The number of fused-ring (bicyclic) bond motifs is 1. The van der Waals surface area contributed by atoms with E-state index >= 15 is 0 Å². The minimum atomic E-state index is -3.71. The third kappa shape index (κ3) is 3.46. The van der Waals surface area contributed by atoms with Gasteiger partial charge in [-0.25, -0.2) is 4.98 Å². The maximum Gasteiger partial charge on any atom is 0.283 e. The Morgan fingerprint density at radius 2 is 1.96 bits per heavy atom. The molecule has 28 heavy (non-hydrogen) atoms. The Kier molecular flexibility index (Phi) is 4.79. The number of ether oxygens (including phenoxy) is 1. The molecule has 0 N–H and O–H groups in total. The molecule has 150 valence electrons. The molecule has 0 bridgehead atoms. The van der Waals surface area contributed by atoms with E-state index in [9.17, 15) is 8.42 Å². The predicted molar refractivity (Wildman–Crippen MR) is 107 cm³/mol. The van der Waals surface area contributed by atoms with Crippen molar-refractivity contribution < 1.29 is 13.2 Å². The highest BCUT2D eigenvalue weighted by Gasteiger charge is 2.26. The van der Waals surface area contributed by atoms with E-state index in [4.69, 9.17) is 9.72 Å². The monoisotopic (exact) mass is 402 g/mol. The van der Waals surface area contributed by atoms with Gasteiger partial charge in [0.25, 0.3) is 10.0 Å². The van der Waals surface area contributed by atoms with Crippen LogP contribution in [0.5, 0.6) is 0 Å². The number of nitrogens with zero attached hydrogens (tertiary/aromatic N) is 4. The molecule has 0 aliphatic carbocycles. The Labute approximate surface area is 165 Å². The summed E-state index contributed by atoms with van der Waals surface area (Å²) in [5, 5.41) is 3.87. The van der Waals surface area contributed by atoms with Crippen LogP contribution >= 0.6 is 0 Å². The lowest BCUT2D eigenvalue weighted by Gasteiger charge is -2.26. The van der Waals surface area contributed by atoms with Crippen molar-refractivity contribution in [3.05, 3.63) is 42.5 Å². The lowest BCUT2D eigenvalue weighted by Crippen LogP contribution is -2.25. The van der Waals surface area contributed by atoms with Crippen LogP contribution in [0.3, 0.4) is 0 Å². The summed E-state index contributed by atoms with van der Waals surface area (Å²) >= 11 is 0. The van der Waals surface area contributed by atoms with Gasteiger partial charge < -0.3 is 9.30 Å². The van der Waals surface area contributed by atoms with Gasteiger partial charge in [-0.05, 0) is 43.0 Å². The molecule has 1 aliphatic heterocycles. The van der Waals surface area contributed by atoms with Crippen molar-refractivity contribution >= 4 is 21.1 Å². The maximum atomic E-state index is 12.8. The van der Waals surface area contributed by atoms with Crippen LogP contribution in [0.4, 0.5) is 0 Å². The van der Waals surface area contributed by atoms with Crippen LogP contribution in [0, 0.1) is 5.92 Å². The fourth-order valence-electron chi connectivity index (χ4n) is 3.72. The van der Waals surface area contributed by atoms with Gasteiger partial charge in [0.1, 0.15) is 5.82 Å². The van der Waals surface area contributed by atoms with Crippen LogP contribution in [0.1, 0.15) is 39.4 Å². The molecule has 1 saturated heterocycles. The topological polar surface area (TPSA) is 79.0 Å². The summed E-state index contributed by atoms with van der Waals surface area (Å²) in [6.07, 6.45) is 4.96. The third-order valence-corrected chi connectivity index (χ3v) is 6.75. The molecule has 0 saturated carbocycles. The maximum absolute atomic E-state index is 12.8. The van der Waals surface area contributed by atoms with Crippen LogP contribution in [-0.4, -0.2) is 40.4 Å². The van der Waals surface area contributed by atoms with Gasteiger partial charge in [-0.2, -0.15) is 17.6 Å². The Bertz CT molecular complexity index is 1070. The zero-order valence-corrected chi connectivity index (χ0v) is 17.3. The number of benzene rings is 1. The molecule has 2 aromatic heterocycles. The molecule has 0 amide bonds. The van der Waals surface area contributed by atoms with E-state index in [0.29, 0.717) is 11.4 Å². The van der Waals surface area contributed by atoms with Gasteiger partial charge in [-0.3, -0.25) is 0 Å². The minimum absolute atomic E-state index is 0.148. The Hall–Kier alpha value is -2.19. The van der Waals surface area contributed by atoms with Gasteiger partial charge in [0, 0.05) is 31.4 Å². The van der Waals surface area contributed by atoms with Crippen LogP contribution in [-0.2, 0) is 26.7 Å². The first kappa shape index (κ1) is 19.1. The molecule has 1 fully saturated rings. The quantitative estimate of drug-likeness (QED) is 0.670. The number of hydrogen-bond acceptors (Lipinski definition) is 5. The molecule has 4 rings (SSSR count). The summed E-state index contributed by atoms with van der Waals surface area (Å²) in [6.45, 7) is 8.88. The minimum Gasteiger partial charge on any atom is -0.381 e. The number of hydrogen-bond donors (Lipinski definition) is 0. The van der Waals surface area contributed by atoms with Gasteiger partial charge in [-0.15, -0.1) is 0 Å². The number of aromatic nitrogens is 4. The lowest BCUT2D eigenvalue weighted by atomic mass is 9.94. The summed E-state index contributed by atoms with van der Waals surface area (Å²) in [6, 6.07) is 6.76. The first-order chi connectivity index (χ1) is 13.3. The van der Waals surface area contributed by atoms with Crippen molar-refractivity contribution in [2.45, 2.75) is 50.5 Å². The van der Waals surface area contributed by atoms with Crippen molar-refractivity contribution in [2.75, 3.05) is 13.2 Å². The largest absolute Gasteiger partial charge is 0.381 e. The second kappa shape index (κ2) is 7.00. The standard InChI is InChI=1S/C20H26N4O3S/c1-20(2,3)19-22-17-13-16(28(25,26)24-10-4-9-21-24)5-6-18(17)23(19)14-15-7-11-27-12-8-15/h4-6,9-10,13,15H,7-8,11-12,14H2,1-3H3. The second-order valence-electron chi connectivity index (χ2n) is 8.39. The van der Waals surface area contributed by atoms with E-state index < -0.39 is 10.0 Å². The van der Waals surface area contributed by atoms with Crippen molar-refractivity contribution in [3.63, 3.8) is 0 Å². The zero-order chi connectivity index (χ0) is 19.9. The SMILES string of the molecule is CC(C)(C)c1nc2cc(S(=O)(=O)n3cccn3)ccc2n1CC1CCOCC1. The highest BCUT2D eigenvalue weighted by molar-refractivity contribution is 7.89.